The quantitative estimate of drug-likeness (QED) is 0.314. The van der Waals surface area contributed by atoms with Gasteiger partial charge in [0, 0.05) is 4.47 Å². The molecule has 2 aromatic rings. The van der Waals surface area contributed by atoms with Crippen LogP contribution in [0.2, 0.25) is 5.02 Å². The van der Waals surface area contributed by atoms with Gasteiger partial charge >= 0.3 is 0 Å². The molecule has 0 aromatic heterocycles. The van der Waals surface area contributed by atoms with Gasteiger partial charge in [0.25, 0.3) is 5.24 Å². The molecule has 0 saturated carbocycles. The minimum absolute atomic E-state index is 0.110. The maximum atomic E-state index is 11.2. The number of halogens is 3. The molecule has 0 atom stereocenters. The molecule has 23 heavy (non-hydrogen) atoms. The standard InChI is InChI=1S/C17H13BrCl2O3/c1-2-3-16(17(20)21)23-13-7-5-12(6-8-13)22-15-9-4-11(18)10-14(15)19/h3-10H,2H2,1H3. The van der Waals surface area contributed by atoms with Crippen molar-refractivity contribution < 1.29 is 14.3 Å². The van der Waals surface area contributed by atoms with Crippen molar-refractivity contribution in [2.75, 3.05) is 0 Å². The lowest BCUT2D eigenvalue weighted by Gasteiger charge is -2.10. The summed E-state index contributed by atoms with van der Waals surface area (Å²) in [5.41, 5.74) is 0. The molecule has 0 N–H and O–H groups in total. The summed E-state index contributed by atoms with van der Waals surface area (Å²) in [5.74, 6) is 1.75. The van der Waals surface area contributed by atoms with Crippen molar-refractivity contribution in [3.63, 3.8) is 0 Å². The van der Waals surface area contributed by atoms with Crippen molar-refractivity contribution >= 4 is 44.4 Å². The van der Waals surface area contributed by atoms with Gasteiger partial charge in [-0.05, 0) is 66.6 Å². The van der Waals surface area contributed by atoms with Gasteiger partial charge in [-0.15, -0.1) is 0 Å². The van der Waals surface area contributed by atoms with Crippen molar-refractivity contribution in [2.24, 2.45) is 0 Å². The van der Waals surface area contributed by atoms with Crippen LogP contribution in [0.4, 0.5) is 0 Å². The number of ether oxygens (including phenoxy) is 2. The largest absolute Gasteiger partial charge is 0.456 e. The van der Waals surface area contributed by atoms with E-state index in [1.54, 1.807) is 42.5 Å². The Balaban J connectivity index is 2.10. The highest BCUT2D eigenvalue weighted by molar-refractivity contribution is 9.10. The van der Waals surface area contributed by atoms with Crippen LogP contribution in [0.15, 0.2) is 58.8 Å². The Hall–Kier alpha value is -1.49. The maximum Gasteiger partial charge on any atom is 0.287 e. The number of hydrogen-bond acceptors (Lipinski definition) is 3. The molecular formula is C17H13BrCl2O3. The van der Waals surface area contributed by atoms with Crippen molar-refractivity contribution in [1.82, 2.24) is 0 Å². The number of benzene rings is 2. The Morgan fingerprint density at radius 1 is 1.17 bits per heavy atom. The molecule has 2 rings (SSSR count). The Morgan fingerprint density at radius 3 is 2.39 bits per heavy atom. The summed E-state index contributed by atoms with van der Waals surface area (Å²) in [6.07, 6.45) is 2.28. The molecule has 0 aliphatic rings. The minimum atomic E-state index is -0.631. The van der Waals surface area contributed by atoms with Crippen LogP contribution in [0.5, 0.6) is 17.2 Å². The van der Waals surface area contributed by atoms with Crippen LogP contribution in [0, 0.1) is 0 Å². The van der Waals surface area contributed by atoms with Crippen LogP contribution in [-0.4, -0.2) is 5.24 Å². The number of allylic oxidation sites excluding steroid dienone is 2. The van der Waals surface area contributed by atoms with Gasteiger partial charge in [0.2, 0.25) is 0 Å². The zero-order valence-corrected chi connectivity index (χ0v) is 15.3. The highest BCUT2D eigenvalue weighted by atomic mass is 79.9. The summed E-state index contributed by atoms with van der Waals surface area (Å²) < 4.78 is 12.0. The first-order chi connectivity index (χ1) is 11.0. The lowest BCUT2D eigenvalue weighted by atomic mass is 10.3. The maximum absolute atomic E-state index is 11.2. The van der Waals surface area contributed by atoms with E-state index in [1.165, 1.54) is 0 Å². The van der Waals surface area contributed by atoms with Gasteiger partial charge < -0.3 is 9.47 Å². The Kier molecular flexibility index (Phi) is 6.51. The molecule has 3 nitrogen and oxygen atoms in total. The molecule has 0 heterocycles. The van der Waals surface area contributed by atoms with Crippen molar-refractivity contribution in [3.8, 4) is 17.2 Å². The molecule has 0 radical (unpaired) electrons. The summed E-state index contributed by atoms with van der Waals surface area (Å²) in [7, 11) is 0. The topological polar surface area (TPSA) is 35.5 Å². The van der Waals surface area contributed by atoms with Gasteiger partial charge in [-0.2, -0.15) is 0 Å². The Morgan fingerprint density at radius 2 is 1.83 bits per heavy atom. The number of carbonyl (C=O) groups excluding carboxylic acids is 1. The van der Waals surface area contributed by atoms with Gasteiger partial charge in [-0.1, -0.05) is 34.5 Å². The Labute approximate surface area is 152 Å². The Bertz CT molecular complexity index is 727. The molecule has 0 unspecified atom stereocenters. The molecule has 0 aliphatic heterocycles. The fourth-order valence-electron chi connectivity index (χ4n) is 1.74. The molecule has 120 valence electrons. The first kappa shape index (κ1) is 17.9. The molecule has 0 amide bonds. The normalized spacial score (nSPS) is 11.2. The SMILES string of the molecule is CCC=C(Oc1ccc(Oc2ccc(Br)cc2Cl)cc1)C(=O)Cl. The van der Waals surface area contributed by atoms with Gasteiger partial charge in [-0.3, -0.25) is 4.79 Å². The lowest BCUT2D eigenvalue weighted by Crippen LogP contribution is -2.02. The molecule has 0 spiro atoms. The summed E-state index contributed by atoms with van der Waals surface area (Å²) >= 11 is 14.9. The first-order valence-electron chi connectivity index (χ1n) is 6.80. The molecule has 0 saturated heterocycles. The first-order valence-corrected chi connectivity index (χ1v) is 8.35. The number of carbonyl (C=O) groups is 1. The fraction of sp³-hybridized carbons (Fsp3) is 0.118. The summed E-state index contributed by atoms with van der Waals surface area (Å²) in [6, 6.07) is 12.2. The molecule has 0 aliphatic carbocycles. The molecular weight excluding hydrogens is 403 g/mol. The van der Waals surface area contributed by atoms with E-state index in [0.717, 1.165) is 4.47 Å². The van der Waals surface area contributed by atoms with Gasteiger partial charge in [0.15, 0.2) is 5.76 Å². The average Bonchev–Trinajstić information content (AvgIpc) is 2.51. The number of hydrogen-bond donors (Lipinski definition) is 0. The van der Waals surface area contributed by atoms with Gasteiger partial charge in [0.05, 0.1) is 5.02 Å². The fourth-order valence-corrected chi connectivity index (χ4v) is 2.56. The average molecular weight is 416 g/mol. The van der Waals surface area contributed by atoms with E-state index in [2.05, 4.69) is 15.9 Å². The smallest absolute Gasteiger partial charge is 0.287 e. The third-order valence-corrected chi connectivity index (χ3v) is 3.73. The van der Waals surface area contributed by atoms with Crippen molar-refractivity contribution in [2.45, 2.75) is 13.3 Å². The van der Waals surface area contributed by atoms with E-state index in [4.69, 9.17) is 32.7 Å². The van der Waals surface area contributed by atoms with E-state index in [-0.39, 0.29) is 5.76 Å². The summed E-state index contributed by atoms with van der Waals surface area (Å²) in [5, 5.41) is -0.130. The minimum Gasteiger partial charge on any atom is -0.456 e. The van der Waals surface area contributed by atoms with Crippen LogP contribution in [-0.2, 0) is 4.79 Å². The van der Waals surface area contributed by atoms with Crippen molar-refractivity contribution in [3.05, 3.63) is 63.8 Å². The predicted molar refractivity (Wildman–Crippen MR) is 95.5 cm³/mol. The van der Waals surface area contributed by atoms with Crippen molar-refractivity contribution in [1.29, 1.82) is 0 Å². The lowest BCUT2D eigenvalue weighted by molar-refractivity contribution is -0.110. The highest BCUT2D eigenvalue weighted by Gasteiger charge is 2.09. The second-order valence-corrected chi connectivity index (χ2v) is 6.17. The van der Waals surface area contributed by atoms with Gasteiger partial charge in [-0.25, -0.2) is 0 Å². The van der Waals surface area contributed by atoms with Crippen LogP contribution in [0.3, 0.4) is 0 Å². The van der Waals surface area contributed by atoms with Crippen LogP contribution in [0.25, 0.3) is 0 Å². The zero-order valence-electron chi connectivity index (χ0n) is 12.2. The second kappa shape index (κ2) is 8.39. The molecule has 0 fully saturated rings. The third kappa shape index (κ3) is 5.27. The van der Waals surface area contributed by atoms with E-state index in [1.807, 2.05) is 13.0 Å². The third-order valence-electron chi connectivity index (χ3n) is 2.76. The van der Waals surface area contributed by atoms with E-state index >= 15 is 0 Å². The van der Waals surface area contributed by atoms with Crippen LogP contribution >= 0.6 is 39.1 Å². The highest BCUT2D eigenvalue weighted by Crippen LogP contribution is 2.32. The van der Waals surface area contributed by atoms with Gasteiger partial charge in [0.1, 0.15) is 17.2 Å². The van der Waals surface area contributed by atoms with Crippen LogP contribution in [0.1, 0.15) is 13.3 Å². The van der Waals surface area contributed by atoms with E-state index in [9.17, 15) is 4.79 Å². The van der Waals surface area contributed by atoms with Crippen LogP contribution < -0.4 is 9.47 Å². The van der Waals surface area contributed by atoms with E-state index in [0.29, 0.717) is 28.7 Å². The predicted octanol–water partition coefficient (Wildman–Crippen LogP) is 6.33. The summed E-state index contributed by atoms with van der Waals surface area (Å²) in [6.45, 7) is 1.89. The monoisotopic (exact) mass is 414 g/mol. The molecule has 0 bridgehead atoms. The summed E-state index contributed by atoms with van der Waals surface area (Å²) in [4.78, 5) is 11.2. The van der Waals surface area contributed by atoms with E-state index < -0.39 is 5.24 Å². The number of rotatable bonds is 6. The molecule has 6 heteroatoms. The zero-order chi connectivity index (χ0) is 16.8. The molecule has 2 aromatic carbocycles. The second-order valence-electron chi connectivity index (χ2n) is 4.50.